The van der Waals surface area contributed by atoms with Crippen LogP contribution in [0.2, 0.25) is 0 Å². The molecule has 0 bridgehead atoms. The number of nitro benzene ring substituents is 2. The summed E-state index contributed by atoms with van der Waals surface area (Å²) in [6, 6.07) is 9.40. The summed E-state index contributed by atoms with van der Waals surface area (Å²) in [5, 5.41) is 24.1. The molecule has 2 aromatic carbocycles. The number of carbonyl (C=O) groups excluding carboxylic acids is 1. The van der Waals surface area contributed by atoms with Crippen LogP contribution in [0.4, 0.5) is 17.1 Å². The molecule has 0 heterocycles. The molecular weight excluding hydrogens is 332 g/mol. The van der Waals surface area contributed by atoms with E-state index in [1.165, 1.54) is 0 Å². The van der Waals surface area contributed by atoms with Crippen LogP contribution in [0.3, 0.4) is 0 Å². The van der Waals surface area contributed by atoms with Crippen molar-refractivity contribution in [3.63, 3.8) is 0 Å². The molecule has 0 saturated carbocycles. The highest BCUT2D eigenvalue weighted by Crippen LogP contribution is 2.22. The fourth-order valence-electron chi connectivity index (χ4n) is 1.94. The first-order chi connectivity index (χ1) is 11.9. The first kappa shape index (κ1) is 17.7. The third-order valence-corrected chi connectivity index (χ3v) is 3.12. The average molecular weight is 346 g/mol. The monoisotopic (exact) mass is 346 g/mol. The Hall–Kier alpha value is -3.69. The summed E-state index contributed by atoms with van der Waals surface area (Å²) in [5.41, 5.74) is 4.90. The number of anilines is 1. The number of nitrogen functional groups attached to an aromatic ring is 1. The van der Waals surface area contributed by atoms with Crippen molar-refractivity contribution in [2.45, 2.75) is 0 Å². The number of ether oxygens (including phenoxy) is 1. The van der Waals surface area contributed by atoms with Crippen molar-refractivity contribution < 1.29 is 19.4 Å². The first-order valence-corrected chi connectivity index (χ1v) is 7.07. The fraction of sp³-hybridized carbons (Fsp3) is 0.133. The van der Waals surface area contributed by atoms with Gasteiger partial charge >= 0.3 is 0 Å². The number of nitrogens with one attached hydrogen (secondary N) is 1. The molecule has 0 aliphatic heterocycles. The Morgan fingerprint density at radius 1 is 1.04 bits per heavy atom. The van der Waals surface area contributed by atoms with E-state index >= 15 is 0 Å². The van der Waals surface area contributed by atoms with Crippen LogP contribution in [0.1, 0.15) is 10.4 Å². The summed E-state index contributed by atoms with van der Waals surface area (Å²) < 4.78 is 5.38. The highest BCUT2D eigenvalue weighted by molar-refractivity contribution is 5.95. The number of rotatable bonds is 7. The minimum atomic E-state index is -0.798. The zero-order chi connectivity index (χ0) is 18.4. The summed E-state index contributed by atoms with van der Waals surface area (Å²) in [6.45, 7) is 0.256. The van der Waals surface area contributed by atoms with Crippen molar-refractivity contribution in [3.05, 3.63) is 68.3 Å². The molecule has 0 spiro atoms. The summed E-state index contributed by atoms with van der Waals surface area (Å²) >= 11 is 0. The van der Waals surface area contributed by atoms with Gasteiger partial charge in [-0.2, -0.15) is 0 Å². The van der Waals surface area contributed by atoms with E-state index in [2.05, 4.69) is 5.32 Å². The predicted octanol–water partition coefficient (Wildman–Crippen LogP) is 1.89. The average Bonchev–Trinajstić information content (AvgIpc) is 2.59. The lowest BCUT2D eigenvalue weighted by atomic mass is 10.1. The lowest BCUT2D eigenvalue weighted by Crippen LogP contribution is -2.28. The Morgan fingerprint density at radius 3 is 2.12 bits per heavy atom. The summed E-state index contributed by atoms with van der Waals surface area (Å²) in [7, 11) is 0. The van der Waals surface area contributed by atoms with E-state index < -0.39 is 27.1 Å². The second-order valence-corrected chi connectivity index (χ2v) is 4.93. The van der Waals surface area contributed by atoms with Crippen LogP contribution in [0, 0.1) is 20.2 Å². The van der Waals surface area contributed by atoms with Gasteiger partial charge < -0.3 is 15.8 Å². The molecule has 0 radical (unpaired) electrons. The number of carbonyl (C=O) groups is 1. The Balaban J connectivity index is 1.96. The molecule has 0 atom stereocenters. The van der Waals surface area contributed by atoms with Gasteiger partial charge in [0.25, 0.3) is 17.3 Å². The molecule has 2 rings (SSSR count). The molecule has 0 saturated heterocycles. The lowest BCUT2D eigenvalue weighted by Gasteiger charge is -2.08. The lowest BCUT2D eigenvalue weighted by molar-refractivity contribution is -0.394. The first-order valence-electron chi connectivity index (χ1n) is 7.07. The quantitative estimate of drug-likeness (QED) is 0.336. The minimum Gasteiger partial charge on any atom is -0.492 e. The van der Waals surface area contributed by atoms with Crippen molar-refractivity contribution in [1.29, 1.82) is 0 Å². The van der Waals surface area contributed by atoms with E-state index in [0.29, 0.717) is 11.4 Å². The van der Waals surface area contributed by atoms with E-state index in [9.17, 15) is 25.0 Å². The van der Waals surface area contributed by atoms with Crippen molar-refractivity contribution in [2.75, 3.05) is 18.9 Å². The van der Waals surface area contributed by atoms with Gasteiger partial charge in [-0.05, 0) is 24.3 Å². The number of non-ortho nitro benzene ring substituents is 2. The number of nitro groups is 2. The summed E-state index contributed by atoms with van der Waals surface area (Å²) in [4.78, 5) is 32.1. The highest BCUT2D eigenvalue weighted by Gasteiger charge is 2.19. The molecule has 0 aliphatic carbocycles. The van der Waals surface area contributed by atoms with E-state index in [4.69, 9.17) is 10.5 Å². The van der Waals surface area contributed by atoms with Crippen LogP contribution < -0.4 is 15.8 Å². The number of hydrogen-bond donors (Lipinski definition) is 2. The number of hydrogen-bond acceptors (Lipinski definition) is 7. The van der Waals surface area contributed by atoms with Crippen molar-refractivity contribution >= 4 is 23.0 Å². The zero-order valence-electron chi connectivity index (χ0n) is 12.9. The Kier molecular flexibility index (Phi) is 5.46. The fourth-order valence-corrected chi connectivity index (χ4v) is 1.94. The molecule has 25 heavy (non-hydrogen) atoms. The molecule has 130 valence electrons. The number of nitrogens with zero attached hydrogens (tertiary/aromatic N) is 2. The molecule has 0 aliphatic rings. The number of nitrogens with two attached hydrogens (primary N) is 1. The molecule has 2 aromatic rings. The van der Waals surface area contributed by atoms with Gasteiger partial charge in [-0.1, -0.05) is 0 Å². The maximum Gasteiger partial charge on any atom is 0.277 e. The smallest absolute Gasteiger partial charge is 0.277 e. The van der Waals surface area contributed by atoms with Crippen LogP contribution in [-0.4, -0.2) is 28.9 Å². The number of amides is 1. The predicted molar refractivity (Wildman–Crippen MR) is 88.4 cm³/mol. The van der Waals surface area contributed by atoms with E-state index in [-0.39, 0.29) is 18.7 Å². The maximum atomic E-state index is 12.0. The largest absolute Gasteiger partial charge is 0.492 e. The minimum absolute atomic E-state index is 0.111. The SMILES string of the molecule is Nc1ccc(OCCNC(=O)c2cc([N+](=O)[O-])cc([N+](=O)[O-])c2)cc1. The highest BCUT2D eigenvalue weighted by atomic mass is 16.6. The van der Waals surface area contributed by atoms with Crippen molar-refractivity contribution in [1.82, 2.24) is 5.32 Å². The molecule has 10 heteroatoms. The topological polar surface area (TPSA) is 151 Å². The molecular formula is C15H14N4O6. The van der Waals surface area contributed by atoms with Gasteiger partial charge in [0, 0.05) is 17.8 Å². The van der Waals surface area contributed by atoms with E-state index in [1.54, 1.807) is 24.3 Å². The summed E-state index contributed by atoms with van der Waals surface area (Å²) in [6.07, 6.45) is 0. The second kappa shape index (κ2) is 7.73. The zero-order valence-corrected chi connectivity index (χ0v) is 12.9. The van der Waals surface area contributed by atoms with Gasteiger partial charge in [0.05, 0.1) is 28.0 Å². The van der Waals surface area contributed by atoms with Crippen LogP contribution in [0.5, 0.6) is 5.75 Å². The molecule has 1 amide bonds. The second-order valence-electron chi connectivity index (χ2n) is 4.93. The van der Waals surface area contributed by atoms with Crippen LogP contribution in [0.25, 0.3) is 0 Å². The van der Waals surface area contributed by atoms with Crippen LogP contribution in [0.15, 0.2) is 42.5 Å². The van der Waals surface area contributed by atoms with Gasteiger partial charge in [-0.25, -0.2) is 0 Å². The normalized spacial score (nSPS) is 10.1. The third kappa shape index (κ3) is 4.89. The van der Waals surface area contributed by atoms with Gasteiger partial charge in [-0.3, -0.25) is 25.0 Å². The van der Waals surface area contributed by atoms with Crippen molar-refractivity contribution in [3.8, 4) is 5.75 Å². The van der Waals surface area contributed by atoms with E-state index in [0.717, 1.165) is 18.2 Å². The molecule has 3 N–H and O–H groups in total. The van der Waals surface area contributed by atoms with Crippen molar-refractivity contribution in [2.24, 2.45) is 0 Å². The molecule has 10 nitrogen and oxygen atoms in total. The molecule has 0 fully saturated rings. The van der Waals surface area contributed by atoms with E-state index in [1.807, 2.05) is 0 Å². The van der Waals surface area contributed by atoms with Gasteiger partial charge in [0.15, 0.2) is 0 Å². The van der Waals surface area contributed by atoms with Gasteiger partial charge in [0.1, 0.15) is 12.4 Å². The summed E-state index contributed by atoms with van der Waals surface area (Å²) in [5.74, 6) is -0.109. The Labute approximate surface area is 141 Å². The Morgan fingerprint density at radius 2 is 1.60 bits per heavy atom. The maximum absolute atomic E-state index is 12.0. The number of benzene rings is 2. The van der Waals surface area contributed by atoms with Crippen LogP contribution >= 0.6 is 0 Å². The standard InChI is InChI=1S/C15H14N4O6/c16-11-1-3-14(4-2-11)25-6-5-17-15(20)10-7-12(18(21)22)9-13(8-10)19(23)24/h1-4,7-9H,5-6,16H2,(H,17,20). The third-order valence-electron chi connectivity index (χ3n) is 3.12. The molecule has 0 aromatic heterocycles. The van der Waals surface area contributed by atoms with Gasteiger partial charge in [-0.15, -0.1) is 0 Å². The van der Waals surface area contributed by atoms with Gasteiger partial charge in [0.2, 0.25) is 0 Å². The molecule has 0 unspecified atom stereocenters. The van der Waals surface area contributed by atoms with Crippen LogP contribution in [-0.2, 0) is 0 Å². The Bertz CT molecular complexity index is 774.